The molecule has 5 rings (SSSR count). The summed E-state index contributed by atoms with van der Waals surface area (Å²) in [5, 5.41) is 9.67. The van der Waals surface area contributed by atoms with Gasteiger partial charge in [0, 0.05) is 31.7 Å². The number of imidazole rings is 1. The number of benzene rings is 2. The average Bonchev–Trinajstić information content (AvgIpc) is 3.27. The molecule has 1 fully saturated rings. The quantitative estimate of drug-likeness (QED) is 0.592. The average molecular weight is 477 g/mol. The third-order valence-corrected chi connectivity index (χ3v) is 7.41. The van der Waals surface area contributed by atoms with E-state index < -0.39 is 11.9 Å². The first-order valence-corrected chi connectivity index (χ1v) is 12.3. The van der Waals surface area contributed by atoms with Crippen LogP contribution in [0.5, 0.6) is 0 Å². The molecule has 0 aliphatic carbocycles. The van der Waals surface area contributed by atoms with Crippen molar-refractivity contribution in [1.29, 1.82) is 0 Å². The fourth-order valence-corrected chi connectivity index (χ4v) is 5.44. The lowest BCUT2D eigenvalue weighted by Gasteiger charge is -2.32. The summed E-state index contributed by atoms with van der Waals surface area (Å²) in [6.45, 7) is 5.25. The van der Waals surface area contributed by atoms with E-state index in [4.69, 9.17) is 9.72 Å². The number of piperidine rings is 1. The molecular weight excluding hydrogens is 444 g/mol. The molecule has 0 unspecified atom stereocenters. The highest BCUT2D eigenvalue weighted by Gasteiger charge is 2.31. The van der Waals surface area contributed by atoms with Gasteiger partial charge in [0.1, 0.15) is 0 Å². The zero-order valence-corrected chi connectivity index (χ0v) is 20.3. The van der Waals surface area contributed by atoms with Gasteiger partial charge in [-0.3, -0.25) is 4.79 Å². The van der Waals surface area contributed by atoms with Crippen LogP contribution in [-0.2, 0) is 29.0 Å². The van der Waals surface area contributed by atoms with Crippen molar-refractivity contribution < 1.29 is 19.4 Å². The lowest BCUT2D eigenvalue weighted by Crippen LogP contribution is -2.40. The summed E-state index contributed by atoms with van der Waals surface area (Å²) in [6, 6.07) is 14.7. The summed E-state index contributed by atoms with van der Waals surface area (Å²) in [4.78, 5) is 33.0. The molecule has 184 valence electrons. The van der Waals surface area contributed by atoms with Crippen molar-refractivity contribution in [2.24, 2.45) is 5.92 Å². The molecule has 1 aromatic heterocycles. The summed E-state index contributed by atoms with van der Waals surface area (Å²) in [6.07, 6.45) is 1.94. The van der Waals surface area contributed by atoms with Crippen LogP contribution in [0.15, 0.2) is 42.5 Å². The lowest BCUT2D eigenvalue weighted by molar-refractivity contribution is -0.141. The number of carbonyl (C=O) groups excluding carboxylic acids is 1. The van der Waals surface area contributed by atoms with E-state index in [0.717, 1.165) is 48.5 Å². The predicted molar refractivity (Wildman–Crippen MR) is 134 cm³/mol. The topological polar surface area (TPSA) is 87.9 Å². The Morgan fingerprint density at radius 3 is 2.71 bits per heavy atom. The van der Waals surface area contributed by atoms with E-state index in [1.165, 1.54) is 18.2 Å². The van der Waals surface area contributed by atoms with Gasteiger partial charge >= 0.3 is 12.1 Å². The van der Waals surface area contributed by atoms with Crippen LogP contribution in [0.25, 0.3) is 11.0 Å². The molecule has 35 heavy (non-hydrogen) atoms. The maximum absolute atomic E-state index is 12.2. The minimum absolute atomic E-state index is 0.245. The van der Waals surface area contributed by atoms with Crippen LogP contribution in [0.1, 0.15) is 42.4 Å². The van der Waals surface area contributed by atoms with E-state index in [9.17, 15) is 14.7 Å². The van der Waals surface area contributed by atoms with E-state index in [-0.39, 0.29) is 12.0 Å². The van der Waals surface area contributed by atoms with E-state index in [1.807, 2.05) is 6.07 Å². The second-order valence-electron chi connectivity index (χ2n) is 9.67. The number of carboxylic acid groups (broad SMARTS) is 1. The van der Waals surface area contributed by atoms with Crippen molar-refractivity contribution >= 4 is 29.0 Å². The van der Waals surface area contributed by atoms with Gasteiger partial charge in [-0.15, -0.1) is 0 Å². The number of aromatic nitrogens is 2. The molecular formula is C27H32N4O4. The highest BCUT2D eigenvalue weighted by atomic mass is 16.5. The minimum atomic E-state index is -0.749. The number of anilines is 1. The first-order valence-electron chi connectivity index (χ1n) is 12.3. The second kappa shape index (κ2) is 9.60. The molecule has 1 N–H and O–H groups in total. The molecule has 8 heteroatoms. The standard InChI is InChI=1S/C27H32N4O4/c1-18(19-7-4-3-5-8-19)15-31-23-11-10-20-12-14-30(27(34)35-2)17-22(20)24(23)28-26(31)29-13-6-9-21(16-29)25(32)33/h3-5,7-8,10-11,18,21H,6,9,12-17H2,1-2H3,(H,32,33)/t18-,21-/m1/s1. The Morgan fingerprint density at radius 2 is 1.97 bits per heavy atom. The number of amides is 1. The van der Waals surface area contributed by atoms with Gasteiger partial charge in [-0.05, 0) is 42.4 Å². The van der Waals surface area contributed by atoms with Crippen molar-refractivity contribution in [3.63, 3.8) is 0 Å². The number of carbonyl (C=O) groups is 2. The van der Waals surface area contributed by atoms with Crippen LogP contribution >= 0.6 is 0 Å². The third-order valence-electron chi connectivity index (χ3n) is 7.41. The van der Waals surface area contributed by atoms with Crippen molar-refractivity contribution in [2.45, 2.75) is 45.2 Å². The van der Waals surface area contributed by atoms with Gasteiger partial charge in [0.2, 0.25) is 5.95 Å². The van der Waals surface area contributed by atoms with Crippen LogP contribution < -0.4 is 4.90 Å². The molecule has 0 saturated carbocycles. The van der Waals surface area contributed by atoms with Gasteiger partial charge in [0.25, 0.3) is 0 Å². The Hall–Kier alpha value is -3.55. The Morgan fingerprint density at radius 1 is 1.17 bits per heavy atom. The van der Waals surface area contributed by atoms with Crippen LogP contribution in [0.4, 0.5) is 10.7 Å². The van der Waals surface area contributed by atoms with Gasteiger partial charge < -0.3 is 24.2 Å². The number of nitrogens with zero attached hydrogens (tertiary/aromatic N) is 4. The maximum Gasteiger partial charge on any atom is 0.409 e. The fourth-order valence-electron chi connectivity index (χ4n) is 5.44. The third kappa shape index (κ3) is 4.45. The van der Waals surface area contributed by atoms with Crippen LogP contribution in [0.2, 0.25) is 0 Å². The van der Waals surface area contributed by atoms with E-state index in [0.29, 0.717) is 26.1 Å². The fraction of sp³-hybridized carbons (Fsp3) is 0.444. The summed E-state index contributed by atoms with van der Waals surface area (Å²) >= 11 is 0. The van der Waals surface area contributed by atoms with Crippen LogP contribution in [0, 0.1) is 5.92 Å². The highest BCUT2D eigenvalue weighted by molar-refractivity contribution is 5.84. The van der Waals surface area contributed by atoms with Crippen LogP contribution in [-0.4, -0.2) is 58.4 Å². The van der Waals surface area contributed by atoms with Gasteiger partial charge in [0.05, 0.1) is 30.6 Å². The Kier molecular flexibility index (Phi) is 6.36. The second-order valence-corrected chi connectivity index (χ2v) is 9.67. The molecule has 0 bridgehead atoms. The molecule has 3 heterocycles. The van der Waals surface area contributed by atoms with Gasteiger partial charge in [0.15, 0.2) is 0 Å². The molecule has 8 nitrogen and oxygen atoms in total. The normalized spacial score (nSPS) is 18.9. The van der Waals surface area contributed by atoms with E-state index in [2.05, 4.69) is 52.8 Å². The SMILES string of the molecule is COC(=O)N1CCc2ccc3c(nc(N4CCC[C@@H](C(=O)O)C4)n3C[C@@H](C)c3ccccc3)c2C1. The van der Waals surface area contributed by atoms with Crippen molar-refractivity contribution in [3.8, 4) is 0 Å². The molecule has 1 saturated heterocycles. The highest BCUT2D eigenvalue weighted by Crippen LogP contribution is 2.34. The van der Waals surface area contributed by atoms with E-state index in [1.54, 1.807) is 4.90 Å². The Bertz CT molecular complexity index is 1240. The maximum atomic E-state index is 12.2. The molecule has 1 amide bonds. The number of hydrogen-bond acceptors (Lipinski definition) is 5. The number of carboxylic acids is 1. The number of aliphatic carboxylic acids is 1. The molecule has 2 aliphatic rings. The van der Waals surface area contributed by atoms with E-state index >= 15 is 0 Å². The van der Waals surface area contributed by atoms with Gasteiger partial charge in [-0.25, -0.2) is 9.78 Å². The summed E-state index contributed by atoms with van der Waals surface area (Å²) in [7, 11) is 1.41. The molecule has 0 radical (unpaired) electrons. The summed E-state index contributed by atoms with van der Waals surface area (Å²) in [5.74, 6) is -0.0827. The Labute approximate surface area is 205 Å². The summed E-state index contributed by atoms with van der Waals surface area (Å²) in [5.41, 5.74) is 5.41. The van der Waals surface area contributed by atoms with Crippen LogP contribution in [0.3, 0.4) is 0 Å². The number of ether oxygens (including phenoxy) is 1. The number of methoxy groups -OCH3 is 1. The molecule has 2 aliphatic heterocycles. The summed E-state index contributed by atoms with van der Waals surface area (Å²) < 4.78 is 7.22. The zero-order chi connectivity index (χ0) is 24.5. The number of fused-ring (bicyclic) bond motifs is 3. The predicted octanol–water partition coefficient (Wildman–Crippen LogP) is 4.27. The van der Waals surface area contributed by atoms with Crippen molar-refractivity contribution in [3.05, 3.63) is 59.2 Å². The largest absolute Gasteiger partial charge is 0.481 e. The lowest BCUT2D eigenvalue weighted by atomic mass is 9.98. The van der Waals surface area contributed by atoms with Gasteiger partial charge in [-0.1, -0.05) is 43.3 Å². The smallest absolute Gasteiger partial charge is 0.409 e. The number of hydrogen-bond donors (Lipinski definition) is 1. The molecule has 2 atom stereocenters. The monoisotopic (exact) mass is 476 g/mol. The van der Waals surface area contributed by atoms with Gasteiger partial charge in [-0.2, -0.15) is 0 Å². The van der Waals surface area contributed by atoms with Crippen molar-refractivity contribution in [1.82, 2.24) is 14.5 Å². The minimum Gasteiger partial charge on any atom is -0.481 e. The first-order chi connectivity index (χ1) is 17.0. The first kappa shape index (κ1) is 23.2. The van der Waals surface area contributed by atoms with Crippen molar-refractivity contribution in [2.75, 3.05) is 31.6 Å². The molecule has 2 aromatic carbocycles. The molecule has 0 spiro atoms. The number of rotatable bonds is 5. The zero-order valence-electron chi connectivity index (χ0n) is 20.3. The Balaban J connectivity index is 1.59. The molecule has 3 aromatic rings.